The quantitative estimate of drug-likeness (QED) is 0.729. The monoisotopic (exact) mass is 280 g/mol. The first kappa shape index (κ1) is 12.8. The number of alkyl halides is 3. The van der Waals surface area contributed by atoms with Gasteiger partial charge in [0.2, 0.25) is 0 Å². The summed E-state index contributed by atoms with van der Waals surface area (Å²) >= 11 is 17.0. The highest BCUT2D eigenvalue weighted by Gasteiger charge is 2.37. The van der Waals surface area contributed by atoms with Gasteiger partial charge in [0.25, 0.3) is 0 Å². The molecule has 0 amide bonds. The number of hydrogen-bond acceptors (Lipinski definition) is 3. The highest BCUT2D eigenvalue weighted by Crippen LogP contribution is 2.21. The first-order valence-corrected chi connectivity index (χ1v) is 7.33. The Morgan fingerprint density at radius 3 is 2.50 bits per heavy atom. The van der Waals surface area contributed by atoms with Gasteiger partial charge < -0.3 is 4.74 Å². The molecule has 7 heteroatoms. The Morgan fingerprint density at radius 2 is 2.07 bits per heavy atom. The van der Waals surface area contributed by atoms with E-state index in [2.05, 4.69) is 0 Å². The van der Waals surface area contributed by atoms with Crippen molar-refractivity contribution in [2.24, 2.45) is 0 Å². The molecule has 14 heavy (non-hydrogen) atoms. The Hall–Kier alpha value is 0.780. The summed E-state index contributed by atoms with van der Waals surface area (Å²) in [5.41, 5.74) is 0. The van der Waals surface area contributed by atoms with E-state index < -0.39 is 21.3 Å². The van der Waals surface area contributed by atoms with E-state index in [0.717, 1.165) is 0 Å². The lowest BCUT2D eigenvalue weighted by molar-refractivity contribution is 0.0757. The maximum atomic E-state index is 11.1. The molecule has 0 aromatic heterocycles. The number of rotatable bonds is 4. The molecule has 0 radical (unpaired) electrons. The maximum Gasteiger partial charge on any atom is 0.154 e. The second-order valence-corrected chi connectivity index (χ2v) is 6.86. The number of halogens is 3. The third-order valence-corrected chi connectivity index (χ3v) is 5.03. The Bertz CT molecular complexity index is 280. The second-order valence-electron chi connectivity index (χ2n) is 3.22. The lowest BCUT2D eigenvalue weighted by Gasteiger charge is -2.14. The van der Waals surface area contributed by atoms with Crippen LogP contribution in [0.4, 0.5) is 0 Å². The van der Waals surface area contributed by atoms with E-state index in [0.29, 0.717) is 0 Å². The number of hydrogen-bond donors (Lipinski definition) is 0. The first-order chi connectivity index (χ1) is 6.44. The molecule has 3 atom stereocenters. The molecule has 0 aromatic rings. The van der Waals surface area contributed by atoms with Crippen molar-refractivity contribution in [1.29, 1.82) is 0 Å². The zero-order valence-electron chi connectivity index (χ0n) is 7.33. The van der Waals surface area contributed by atoms with Gasteiger partial charge in [-0.25, -0.2) is 8.42 Å². The molecular formula is C7H11Cl3O3S. The van der Waals surface area contributed by atoms with Gasteiger partial charge in [-0.3, -0.25) is 0 Å². The van der Waals surface area contributed by atoms with Crippen LogP contribution < -0.4 is 0 Å². The van der Waals surface area contributed by atoms with Gasteiger partial charge in [0.05, 0.1) is 35.0 Å². The number of sulfone groups is 1. The molecule has 1 aliphatic rings. The van der Waals surface area contributed by atoms with Crippen LogP contribution in [0.25, 0.3) is 0 Å². The normalized spacial score (nSPS) is 33.1. The van der Waals surface area contributed by atoms with Gasteiger partial charge in [0, 0.05) is 5.88 Å². The van der Waals surface area contributed by atoms with Gasteiger partial charge in [-0.1, -0.05) is 0 Å². The van der Waals surface area contributed by atoms with Crippen molar-refractivity contribution in [2.75, 3.05) is 24.0 Å². The summed E-state index contributed by atoms with van der Waals surface area (Å²) in [5, 5.41) is -0.775. The highest BCUT2D eigenvalue weighted by molar-refractivity contribution is 7.91. The van der Waals surface area contributed by atoms with Gasteiger partial charge in [-0.2, -0.15) is 0 Å². The van der Waals surface area contributed by atoms with Crippen molar-refractivity contribution in [1.82, 2.24) is 0 Å². The zero-order chi connectivity index (χ0) is 10.8. The lowest BCUT2D eigenvalue weighted by Crippen LogP contribution is -2.26. The minimum Gasteiger partial charge on any atom is -0.374 e. The molecule has 1 rings (SSSR count). The number of ether oxygens (including phenoxy) is 1. The summed E-state index contributed by atoms with van der Waals surface area (Å²) < 4.78 is 27.6. The van der Waals surface area contributed by atoms with Crippen LogP contribution in [-0.2, 0) is 14.6 Å². The van der Waals surface area contributed by atoms with Crippen LogP contribution in [0.15, 0.2) is 0 Å². The Kier molecular flexibility index (Phi) is 4.78. The van der Waals surface area contributed by atoms with Crippen LogP contribution in [0.1, 0.15) is 0 Å². The molecule has 0 N–H and O–H groups in total. The summed E-state index contributed by atoms with van der Waals surface area (Å²) in [6, 6.07) is 0. The summed E-state index contributed by atoms with van der Waals surface area (Å²) in [7, 11) is -3.03. The van der Waals surface area contributed by atoms with Crippen molar-refractivity contribution < 1.29 is 13.2 Å². The van der Waals surface area contributed by atoms with E-state index in [1.807, 2.05) is 0 Å². The molecule has 3 nitrogen and oxygen atoms in total. The third-order valence-electron chi connectivity index (χ3n) is 1.89. The predicted molar refractivity (Wildman–Crippen MR) is 58.4 cm³/mol. The molecule has 1 fully saturated rings. The van der Waals surface area contributed by atoms with Crippen LogP contribution in [0.2, 0.25) is 0 Å². The topological polar surface area (TPSA) is 43.4 Å². The highest BCUT2D eigenvalue weighted by atomic mass is 35.5. The molecule has 0 bridgehead atoms. The summed E-state index contributed by atoms with van der Waals surface area (Å²) in [5.74, 6) is 0.230. The van der Waals surface area contributed by atoms with Gasteiger partial charge in [-0.15, -0.1) is 34.8 Å². The fourth-order valence-electron chi connectivity index (χ4n) is 1.20. The summed E-state index contributed by atoms with van der Waals surface area (Å²) in [6.07, 6.45) is -0.453. The minimum absolute atomic E-state index is 0.0208. The Labute approximate surface area is 98.6 Å². The standard InChI is InChI=1S/C7H11Cl3O3S/c8-1-5(9)2-13-7-4-14(11,12)3-6(7)10/h5-7H,1-4H2/t5-,6-,7+/m1/s1. The predicted octanol–water partition coefficient (Wildman–Crippen LogP) is 1.25. The van der Waals surface area contributed by atoms with Gasteiger partial charge in [-0.05, 0) is 0 Å². The van der Waals surface area contributed by atoms with Crippen LogP contribution in [0.5, 0.6) is 0 Å². The third kappa shape index (κ3) is 3.74. The molecule has 0 aliphatic carbocycles. The summed E-state index contributed by atoms with van der Waals surface area (Å²) in [4.78, 5) is 0. The van der Waals surface area contributed by atoms with Crippen LogP contribution in [-0.4, -0.2) is 49.3 Å². The van der Waals surface area contributed by atoms with Crippen molar-refractivity contribution in [3.05, 3.63) is 0 Å². The van der Waals surface area contributed by atoms with Crippen LogP contribution in [0.3, 0.4) is 0 Å². The molecule has 84 valence electrons. The van der Waals surface area contributed by atoms with E-state index in [4.69, 9.17) is 39.5 Å². The first-order valence-electron chi connectivity index (χ1n) is 4.11. The van der Waals surface area contributed by atoms with E-state index in [-0.39, 0.29) is 29.4 Å². The summed E-state index contributed by atoms with van der Waals surface area (Å²) in [6.45, 7) is 0.231. The van der Waals surface area contributed by atoms with Gasteiger partial charge in [0.15, 0.2) is 9.84 Å². The molecule has 1 aliphatic heterocycles. The van der Waals surface area contributed by atoms with Gasteiger partial charge >= 0.3 is 0 Å². The fourth-order valence-corrected chi connectivity index (χ4v) is 3.87. The average Bonchev–Trinajstić information content (AvgIpc) is 2.35. The largest absolute Gasteiger partial charge is 0.374 e. The van der Waals surface area contributed by atoms with Crippen molar-refractivity contribution in [3.63, 3.8) is 0 Å². The SMILES string of the molecule is O=S1(=O)C[C@@H](Cl)[C@@H](OC[C@H](Cl)CCl)C1. The molecule has 0 saturated carbocycles. The van der Waals surface area contributed by atoms with Crippen molar-refractivity contribution in [3.8, 4) is 0 Å². The van der Waals surface area contributed by atoms with E-state index in [1.165, 1.54) is 0 Å². The molecule has 0 unspecified atom stereocenters. The smallest absolute Gasteiger partial charge is 0.154 e. The van der Waals surface area contributed by atoms with E-state index in [9.17, 15) is 8.42 Å². The van der Waals surface area contributed by atoms with Crippen LogP contribution >= 0.6 is 34.8 Å². The second kappa shape index (κ2) is 5.21. The van der Waals surface area contributed by atoms with E-state index in [1.54, 1.807) is 0 Å². The van der Waals surface area contributed by atoms with Crippen molar-refractivity contribution >= 4 is 44.6 Å². The average molecular weight is 282 g/mol. The Morgan fingerprint density at radius 1 is 1.43 bits per heavy atom. The Balaban J connectivity index is 2.40. The van der Waals surface area contributed by atoms with Crippen LogP contribution in [0, 0.1) is 0 Å². The fraction of sp³-hybridized carbons (Fsp3) is 1.00. The molecular weight excluding hydrogens is 270 g/mol. The van der Waals surface area contributed by atoms with Crippen molar-refractivity contribution in [2.45, 2.75) is 16.9 Å². The van der Waals surface area contributed by atoms with Gasteiger partial charge in [0.1, 0.15) is 0 Å². The molecule has 0 aromatic carbocycles. The lowest BCUT2D eigenvalue weighted by atomic mass is 10.3. The molecule has 1 saturated heterocycles. The molecule has 1 heterocycles. The minimum atomic E-state index is -3.03. The zero-order valence-corrected chi connectivity index (χ0v) is 10.4. The molecule has 0 spiro atoms. The maximum absolute atomic E-state index is 11.1. The van der Waals surface area contributed by atoms with E-state index >= 15 is 0 Å².